The van der Waals surface area contributed by atoms with Gasteiger partial charge in [-0.25, -0.2) is 4.21 Å². The summed E-state index contributed by atoms with van der Waals surface area (Å²) in [7, 11) is 0. The lowest BCUT2D eigenvalue weighted by molar-refractivity contribution is 0.474. The molecule has 5 heteroatoms. The van der Waals surface area contributed by atoms with E-state index in [1.165, 1.54) is 4.31 Å². The second-order valence-electron chi connectivity index (χ2n) is 5.40. The zero-order valence-corrected chi connectivity index (χ0v) is 12.0. The van der Waals surface area contributed by atoms with Gasteiger partial charge >= 0.3 is 0 Å². The zero-order chi connectivity index (χ0) is 14.5. The molecule has 2 aromatic rings. The number of rotatable bonds is 1. The van der Waals surface area contributed by atoms with Gasteiger partial charge < -0.3 is 5.11 Å². The van der Waals surface area contributed by atoms with Crippen molar-refractivity contribution in [2.24, 2.45) is 0 Å². The largest absolute Gasteiger partial charge is 0.505 e. The van der Waals surface area contributed by atoms with Crippen LogP contribution in [-0.4, -0.2) is 19.4 Å². The van der Waals surface area contributed by atoms with E-state index in [9.17, 15) is 13.9 Å². The van der Waals surface area contributed by atoms with Gasteiger partial charge in [-0.05, 0) is 25.3 Å². The number of hydrogen-bond donors (Lipinski definition) is 2. The molecule has 0 saturated heterocycles. The molecule has 1 aliphatic heterocycles. The molecular weight excluding hydrogens is 274 g/mol. The van der Waals surface area contributed by atoms with Crippen molar-refractivity contribution in [2.75, 3.05) is 4.31 Å². The zero-order valence-electron chi connectivity index (χ0n) is 11.2. The van der Waals surface area contributed by atoms with Crippen molar-refractivity contribution < 1.29 is 13.9 Å². The minimum atomic E-state index is -2.21. The summed E-state index contributed by atoms with van der Waals surface area (Å²) in [5.74, 6) is 0.0397. The summed E-state index contributed by atoms with van der Waals surface area (Å²) in [6.45, 7) is 3.66. The van der Waals surface area contributed by atoms with Gasteiger partial charge in [0.05, 0.1) is 5.54 Å². The normalized spacial score (nSPS) is 18.1. The van der Waals surface area contributed by atoms with Gasteiger partial charge in [-0.3, -0.25) is 8.86 Å². The minimum Gasteiger partial charge on any atom is -0.505 e. The summed E-state index contributed by atoms with van der Waals surface area (Å²) in [4.78, 5) is 0. The van der Waals surface area contributed by atoms with Gasteiger partial charge in [0.25, 0.3) is 11.3 Å². The number of aromatic hydroxyl groups is 1. The van der Waals surface area contributed by atoms with Crippen LogP contribution in [0.25, 0.3) is 16.8 Å². The van der Waals surface area contributed by atoms with Gasteiger partial charge in [0.2, 0.25) is 0 Å². The Morgan fingerprint density at radius 2 is 1.95 bits per heavy atom. The summed E-state index contributed by atoms with van der Waals surface area (Å²) < 4.78 is 22.6. The first-order chi connectivity index (χ1) is 9.42. The van der Waals surface area contributed by atoms with Crippen molar-refractivity contribution in [3.63, 3.8) is 0 Å². The van der Waals surface area contributed by atoms with Gasteiger partial charge in [-0.15, -0.1) is 0 Å². The SMILES string of the molecule is CC1(C)C=Cc2cc3ccccc3c(O)c2N1S(=O)O. The molecule has 0 radical (unpaired) electrons. The molecule has 0 aromatic heterocycles. The molecular formula is C15H15NO3S. The van der Waals surface area contributed by atoms with Crippen LogP contribution in [0.1, 0.15) is 19.4 Å². The first-order valence-electron chi connectivity index (χ1n) is 6.27. The maximum Gasteiger partial charge on any atom is 0.262 e. The molecule has 1 unspecified atom stereocenters. The Labute approximate surface area is 119 Å². The van der Waals surface area contributed by atoms with Crippen molar-refractivity contribution in [1.82, 2.24) is 0 Å². The van der Waals surface area contributed by atoms with Crippen LogP contribution in [-0.2, 0) is 11.3 Å². The summed E-state index contributed by atoms with van der Waals surface area (Å²) in [6, 6.07) is 9.35. The van der Waals surface area contributed by atoms with E-state index in [1.807, 2.05) is 50.3 Å². The molecule has 0 bridgehead atoms. The van der Waals surface area contributed by atoms with E-state index in [2.05, 4.69) is 0 Å². The van der Waals surface area contributed by atoms with Gasteiger partial charge in [0, 0.05) is 10.9 Å². The molecule has 2 aromatic carbocycles. The van der Waals surface area contributed by atoms with Crippen LogP contribution in [0.2, 0.25) is 0 Å². The molecule has 4 nitrogen and oxygen atoms in total. The molecule has 20 heavy (non-hydrogen) atoms. The Morgan fingerprint density at radius 1 is 1.25 bits per heavy atom. The van der Waals surface area contributed by atoms with Crippen LogP contribution in [0.3, 0.4) is 0 Å². The first-order valence-corrected chi connectivity index (χ1v) is 7.33. The van der Waals surface area contributed by atoms with Crippen molar-refractivity contribution in [3.8, 4) is 5.75 Å². The Bertz CT molecular complexity index is 752. The Kier molecular flexibility index (Phi) is 2.84. The molecule has 104 valence electrons. The highest BCUT2D eigenvalue weighted by molar-refractivity contribution is 7.80. The highest BCUT2D eigenvalue weighted by Crippen LogP contribution is 2.45. The third-order valence-electron chi connectivity index (χ3n) is 3.58. The summed E-state index contributed by atoms with van der Waals surface area (Å²) in [5, 5.41) is 12.1. The van der Waals surface area contributed by atoms with Gasteiger partial charge in [0.1, 0.15) is 11.4 Å². The van der Waals surface area contributed by atoms with Crippen molar-refractivity contribution in [2.45, 2.75) is 19.4 Å². The van der Waals surface area contributed by atoms with Crippen LogP contribution in [0.5, 0.6) is 5.75 Å². The van der Waals surface area contributed by atoms with Crippen LogP contribution in [0.15, 0.2) is 36.4 Å². The summed E-state index contributed by atoms with van der Waals surface area (Å²) >= 11 is -2.21. The number of benzene rings is 2. The molecule has 1 heterocycles. The number of nitrogens with zero attached hydrogens (tertiary/aromatic N) is 1. The van der Waals surface area contributed by atoms with E-state index >= 15 is 0 Å². The number of phenols is 1. The van der Waals surface area contributed by atoms with Gasteiger partial charge in [-0.1, -0.05) is 36.4 Å². The molecule has 3 rings (SSSR count). The smallest absolute Gasteiger partial charge is 0.262 e. The van der Waals surface area contributed by atoms with E-state index in [0.29, 0.717) is 11.1 Å². The lowest BCUT2D eigenvalue weighted by atomic mass is 9.94. The quantitative estimate of drug-likeness (QED) is 0.792. The molecule has 0 aliphatic carbocycles. The molecule has 0 saturated carbocycles. The fraction of sp³-hybridized carbons (Fsp3) is 0.200. The third kappa shape index (κ3) is 1.82. The highest BCUT2D eigenvalue weighted by Gasteiger charge is 2.35. The second-order valence-corrected chi connectivity index (χ2v) is 6.22. The molecule has 2 N–H and O–H groups in total. The predicted octanol–water partition coefficient (Wildman–Crippen LogP) is 3.29. The van der Waals surface area contributed by atoms with Gasteiger partial charge in [-0.2, -0.15) is 0 Å². The van der Waals surface area contributed by atoms with E-state index in [1.54, 1.807) is 6.07 Å². The maximum absolute atomic E-state index is 11.7. The first kappa shape index (κ1) is 13.1. The standard InChI is InChI=1S/C15H15NO3S/c1-15(2)8-7-11-9-10-5-3-4-6-12(10)14(17)13(11)16(15)20(18)19/h3-9,17H,1-2H3,(H,18,19). The molecule has 0 spiro atoms. The Balaban J connectivity index is 2.39. The van der Waals surface area contributed by atoms with E-state index in [-0.39, 0.29) is 5.75 Å². The topological polar surface area (TPSA) is 60.8 Å². The molecule has 1 atom stereocenters. The average Bonchev–Trinajstić information content (AvgIpc) is 2.39. The van der Waals surface area contributed by atoms with Crippen LogP contribution >= 0.6 is 0 Å². The van der Waals surface area contributed by atoms with Crippen molar-refractivity contribution >= 4 is 33.8 Å². The lowest BCUT2D eigenvalue weighted by Crippen LogP contribution is -2.45. The fourth-order valence-corrected chi connectivity index (χ4v) is 3.42. The number of fused-ring (bicyclic) bond motifs is 2. The summed E-state index contributed by atoms with van der Waals surface area (Å²) in [5.41, 5.74) is 0.493. The number of phenolic OH excluding ortho intramolecular Hbond substituents is 1. The third-order valence-corrected chi connectivity index (χ3v) is 4.54. The molecule has 0 amide bonds. The van der Waals surface area contributed by atoms with Crippen LogP contribution < -0.4 is 4.31 Å². The minimum absolute atomic E-state index is 0.0397. The van der Waals surface area contributed by atoms with Crippen molar-refractivity contribution in [1.29, 1.82) is 0 Å². The van der Waals surface area contributed by atoms with E-state index in [4.69, 9.17) is 0 Å². The average molecular weight is 289 g/mol. The molecule has 1 aliphatic rings. The number of anilines is 1. The summed E-state index contributed by atoms with van der Waals surface area (Å²) in [6.07, 6.45) is 3.74. The van der Waals surface area contributed by atoms with Crippen LogP contribution in [0, 0.1) is 0 Å². The second kappa shape index (κ2) is 4.33. The van der Waals surface area contributed by atoms with E-state index < -0.39 is 16.8 Å². The predicted molar refractivity (Wildman–Crippen MR) is 82.0 cm³/mol. The van der Waals surface area contributed by atoms with Crippen molar-refractivity contribution in [3.05, 3.63) is 42.0 Å². The van der Waals surface area contributed by atoms with Crippen LogP contribution in [0.4, 0.5) is 5.69 Å². The van der Waals surface area contributed by atoms with Gasteiger partial charge in [0.15, 0.2) is 0 Å². The molecule has 0 fully saturated rings. The lowest BCUT2D eigenvalue weighted by Gasteiger charge is -2.38. The highest BCUT2D eigenvalue weighted by atomic mass is 32.2. The number of hydrogen-bond acceptors (Lipinski definition) is 2. The monoisotopic (exact) mass is 289 g/mol. The fourth-order valence-electron chi connectivity index (χ4n) is 2.61. The van der Waals surface area contributed by atoms with E-state index in [0.717, 1.165) is 10.9 Å². The Hall–Kier alpha value is -1.85. The Morgan fingerprint density at radius 3 is 2.65 bits per heavy atom. The maximum atomic E-state index is 11.7.